The number of benzene rings is 2. The minimum absolute atomic E-state index is 0.221. The number of hydrogen-bond acceptors (Lipinski definition) is 2. The average Bonchev–Trinajstić information content (AvgIpc) is 2.41. The Kier molecular flexibility index (Phi) is 5.28. The number of nitrogens with one attached hydrogen (secondary N) is 1. The third-order valence-electron chi connectivity index (χ3n) is 2.70. The normalized spacial score (nSPS) is 10.5. The Bertz CT molecular complexity index is 545. The first-order valence-electron chi connectivity index (χ1n) is 6.04. The van der Waals surface area contributed by atoms with Gasteiger partial charge in [-0.3, -0.25) is 0 Å². The fourth-order valence-electron chi connectivity index (χ4n) is 1.71. The molecule has 0 unspecified atom stereocenters. The molecule has 0 atom stereocenters. The third kappa shape index (κ3) is 4.25. The summed E-state index contributed by atoms with van der Waals surface area (Å²) in [5.74, 6) is 0.750. The van der Waals surface area contributed by atoms with Crippen molar-refractivity contribution < 1.29 is 4.39 Å². The SMILES string of the molecule is Cc1cc(F)c(Br)cc1NCCSc1ccccc1. The second kappa shape index (κ2) is 6.96. The van der Waals surface area contributed by atoms with Crippen LogP contribution in [0, 0.1) is 12.7 Å². The molecular weight excluding hydrogens is 325 g/mol. The highest BCUT2D eigenvalue weighted by Crippen LogP contribution is 2.24. The summed E-state index contributed by atoms with van der Waals surface area (Å²) < 4.78 is 13.8. The van der Waals surface area contributed by atoms with Crippen LogP contribution in [0.3, 0.4) is 0 Å². The van der Waals surface area contributed by atoms with Crippen LogP contribution in [-0.4, -0.2) is 12.3 Å². The summed E-state index contributed by atoms with van der Waals surface area (Å²) in [5, 5.41) is 3.33. The van der Waals surface area contributed by atoms with Gasteiger partial charge in [0.25, 0.3) is 0 Å². The van der Waals surface area contributed by atoms with E-state index in [4.69, 9.17) is 0 Å². The second-order valence-electron chi connectivity index (χ2n) is 4.17. The van der Waals surface area contributed by atoms with Gasteiger partial charge in [-0.15, -0.1) is 11.8 Å². The lowest BCUT2D eigenvalue weighted by molar-refractivity contribution is 0.620. The molecule has 0 spiro atoms. The molecule has 2 aromatic carbocycles. The van der Waals surface area contributed by atoms with Crippen LogP contribution < -0.4 is 5.32 Å². The fraction of sp³-hybridized carbons (Fsp3) is 0.200. The number of rotatable bonds is 5. The van der Waals surface area contributed by atoms with Crippen molar-refractivity contribution in [1.82, 2.24) is 0 Å². The van der Waals surface area contributed by atoms with Crippen molar-refractivity contribution in [2.75, 3.05) is 17.6 Å². The van der Waals surface area contributed by atoms with E-state index < -0.39 is 0 Å². The van der Waals surface area contributed by atoms with Crippen LogP contribution in [-0.2, 0) is 0 Å². The molecule has 1 N–H and O–H groups in total. The van der Waals surface area contributed by atoms with Crippen molar-refractivity contribution in [3.05, 3.63) is 58.3 Å². The Morgan fingerprint density at radius 1 is 1.21 bits per heavy atom. The van der Waals surface area contributed by atoms with Gasteiger partial charge in [-0.2, -0.15) is 0 Å². The van der Waals surface area contributed by atoms with Gasteiger partial charge in [0, 0.05) is 22.9 Å². The van der Waals surface area contributed by atoms with Crippen LogP contribution in [0.25, 0.3) is 0 Å². The topological polar surface area (TPSA) is 12.0 Å². The summed E-state index contributed by atoms with van der Waals surface area (Å²) in [5.41, 5.74) is 1.90. The van der Waals surface area contributed by atoms with E-state index in [0.29, 0.717) is 4.47 Å². The zero-order valence-corrected chi connectivity index (χ0v) is 13.0. The van der Waals surface area contributed by atoms with E-state index in [1.807, 2.05) is 25.1 Å². The minimum Gasteiger partial charge on any atom is -0.384 e. The van der Waals surface area contributed by atoms with E-state index in [0.717, 1.165) is 23.5 Å². The maximum absolute atomic E-state index is 13.3. The van der Waals surface area contributed by atoms with Gasteiger partial charge in [0.1, 0.15) is 5.82 Å². The Hall–Kier alpha value is -1.00. The minimum atomic E-state index is -0.221. The molecule has 19 heavy (non-hydrogen) atoms. The van der Waals surface area contributed by atoms with Crippen molar-refractivity contribution in [1.29, 1.82) is 0 Å². The predicted molar refractivity (Wildman–Crippen MR) is 84.5 cm³/mol. The molecule has 0 aliphatic heterocycles. The molecule has 0 radical (unpaired) electrons. The molecule has 0 amide bonds. The molecule has 0 bridgehead atoms. The van der Waals surface area contributed by atoms with E-state index in [1.54, 1.807) is 17.8 Å². The number of hydrogen-bond donors (Lipinski definition) is 1. The van der Waals surface area contributed by atoms with Gasteiger partial charge in [-0.05, 0) is 52.7 Å². The highest BCUT2D eigenvalue weighted by molar-refractivity contribution is 9.10. The summed E-state index contributed by atoms with van der Waals surface area (Å²) in [6.45, 7) is 2.75. The molecule has 0 saturated heterocycles. The number of anilines is 1. The van der Waals surface area contributed by atoms with Crippen LogP contribution in [0.5, 0.6) is 0 Å². The van der Waals surface area contributed by atoms with Crippen LogP contribution in [0.2, 0.25) is 0 Å². The lowest BCUT2D eigenvalue weighted by Gasteiger charge is -2.10. The molecule has 0 fully saturated rings. The Balaban J connectivity index is 1.85. The van der Waals surface area contributed by atoms with E-state index in [1.165, 1.54) is 11.0 Å². The molecule has 4 heteroatoms. The molecule has 0 aliphatic carbocycles. The molecule has 0 heterocycles. The first-order chi connectivity index (χ1) is 9.16. The first-order valence-corrected chi connectivity index (χ1v) is 7.82. The summed E-state index contributed by atoms with van der Waals surface area (Å²) in [6.07, 6.45) is 0. The van der Waals surface area contributed by atoms with Crippen molar-refractivity contribution in [2.45, 2.75) is 11.8 Å². The van der Waals surface area contributed by atoms with E-state index in [-0.39, 0.29) is 5.82 Å². The third-order valence-corrected chi connectivity index (χ3v) is 4.32. The Morgan fingerprint density at radius 2 is 1.95 bits per heavy atom. The first kappa shape index (κ1) is 14.4. The van der Waals surface area contributed by atoms with Gasteiger partial charge < -0.3 is 5.32 Å². The van der Waals surface area contributed by atoms with Crippen molar-refractivity contribution in [2.24, 2.45) is 0 Å². The van der Waals surface area contributed by atoms with E-state index >= 15 is 0 Å². The second-order valence-corrected chi connectivity index (χ2v) is 6.19. The number of thioether (sulfide) groups is 1. The summed E-state index contributed by atoms with van der Waals surface area (Å²) in [7, 11) is 0. The summed E-state index contributed by atoms with van der Waals surface area (Å²) in [6, 6.07) is 13.6. The molecule has 2 rings (SSSR count). The van der Waals surface area contributed by atoms with Crippen LogP contribution in [0.1, 0.15) is 5.56 Å². The quantitative estimate of drug-likeness (QED) is 0.600. The maximum atomic E-state index is 13.3. The smallest absolute Gasteiger partial charge is 0.137 e. The highest BCUT2D eigenvalue weighted by atomic mass is 79.9. The number of aryl methyl sites for hydroxylation is 1. The van der Waals surface area contributed by atoms with Gasteiger partial charge in [0.2, 0.25) is 0 Å². The van der Waals surface area contributed by atoms with Gasteiger partial charge in [-0.1, -0.05) is 18.2 Å². The van der Waals surface area contributed by atoms with Gasteiger partial charge in [0.15, 0.2) is 0 Å². The predicted octanol–water partition coefficient (Wildman–Crippen LogP) is 5.10. The zero-order chi connectivity index (χ0) is 13.7. The van der Waals surface area contributed by atoms with Gasteiger partial charge in [0.05, 0.1) is 4.47 Å². The largest absolute Gasteiger partial charge is 0.384 e. The monoisotopic (exact) mass is 339 g/mol. The standard InChI is InChI=1S/C15H15BrFNS/c1-11-9-14(17)13(16)10-15(11)18-7-8-19-12-5-3-2-4-6-12/h2-6,9-10,18H,7-8H2,1H3. The summed E-state index contributed by atoms with van der Waals surface area (Å²) >= 11 is 5.01. The molecule has 2 aromatic rings. The molecule has 1 nitrogen and oxygen atoms in total. The van der Waals surface area contributed by atoms with Crippen LogP contribution in [0.15, 0.2) is 51.8 Å². The van der Waals surface area contributed by atoms with Gasteiger partial charge in [-0.25, -0.2) is 4.39 Å². The van der Waals surface area contributed by atoms with E-state index in [2.05, 4.69) is 33.4 Å². The maximum Gasteiger partial charge on any atom is 0.137 e. The molecule has 0 aliphatic rings. The van der Waals surface area contributed by atoms with Crippen LogP contribution in [0.4, 0.5) is 10.1 Å². The van der Waals surface area contributed by atoms with Crippen molar-refractivity contribution in [3.8, 4) is 0 Å². The molecule has 0 aromatic heterocycles. The van der Waals surface area contributed by atoms with Crippen LogP contribution >= 0.6 is 27.7 Å². The van der Waals surface area contributed by atoms with Crippen molar-refractivity contribution in [3.63, 3.8) is 0 Å². The lowest BCUT2D eigenvalue weighted by Crippen LogP contribution is -2.05. The highest BCUT2D eigenvalue weighted by Gasteiger charge is 2.04. The average molecular weight is 340 g/mol. The molecule has 100 valence electrons. The Labute approximate surface area is 125 Å². The molecular formula is C15H15BrFNS. The van der Waals surface area contributed by atoms with Crippen molar-refractivity contribution >= 4 is 33.4 Å². The lowest BCUT2D eigenvalue weighted by atomic mass is 10.2. The van der Waals surface area contributed by atoms with Gasteiger partial charge >= 0.3 is 0 Å². The number of halogens is 2. The zero-order valence-electron chi connectivity index (χ0n) is 10.6. The summed E-state index contributed by atoms with van der Waals surface area (Å²) in [4.78, 5) is 1.27. The fourth-order valence-corrected chi connectivity index (χ4v) is 2.84. The Morgan fingerprint density at radius 3 is 2.68 bits per heavy atom. The molecule has 0 saturated carbocycles. The van der Waals surface area contributed by atoms with E-state index in [9.17, 15) is 4.39 Å².